The first-order valence-corrected chi connectivity index (χ1v) is 8.69. The summed E-state index contributed by atoms with van der Waals surface area (Å²) < 4.78 is 1.70. The van der Waals surface area contributed by atoms with Gasteiger partial charge in [-0.3, -0.25) is 4.79 Å². The zero-order chi connectivity index (χ0) is 18.5. The van der Waals surface area contributed by atoms with E-state index in [0.29, 0.717) is 12.0 Å². The summed E-state index contributed by atoms with van der Waals surface area (Å²) in [5, 5.41) is 17.5. The number of aromatic nitrogens is 2. The number of hydrogen-bond acceptors (Lipinski definition) is 3. The summed E-state index contributed by atoms with van der Waals surface area (Å²) in [6.45, 7) is 3.89. The Balaban J connectivity index is 1.62. The number of carbonyl (C=O) groups is 1. The van der Waals surface area contributed by atoms with Crippen LogP contribution in [0.2, 0.25) is 0 Å². The van der Waals surface area contributed by atoms with Crippen LogP contribution in [-0.4, -0.2) is 26.8 Å². The van der Waals surface area contributed by atoms with E-state index in [1.54, 1.807) is 17.1 Å². The lowest BCUT2D eigenvalue weighted by Crippen LogP contribution is -2.33. The normalized spacial score (nSPS) is 13.2. The zero-order valence-electron chi connectivity index (χ0n) is 15.0. The Labute approximate surface area is 153 Å². The monoisotopic (exact) mass is 349 g/mol. The van der Waals surface area contributed by atoms with Crippen LogP contribution >= 0.6 is 0 Å². The highest BCUT2D eigenvalue weighted by atomic mass is 16.3. The number of aliphatic hydroxyl groups excluding tert-OH is 1. The van der Waals surface area contributed by atoms with Crippen molar-refractivity contribution < 1.29 is 9.90 Å². The van der Waals surface area contributed by atoms with Gasteiger partial charge in [-0.15, -0.1) is 0 Å². The van der Waals surface area contributed by atoms with Gasteiger partial charge in [0, 0.05) is 12.2 Å². The van der Waals surface area contributed by atoms with Crippen LogP contribution < -0.4 is 5.32 Å². The second-order valence-corrected chi connectivity index (χ2v) is 6.50. The van der Waals surface area contributed by atoms with Crippen molar-refractivity contribution >= 4 is 5.91 Å². The molecule has 1 amide bonds. The second-order valence-electron chi connectivity index (χ2n) is 6.50. The molecule has 5 nitrogen and oxygen atoms in total. The first-order valence-electron chi connectivity index (χ1n) is 8.69. The minimum atomic E-state index is -0.610. The lowest BCUT2D eigenvalue weighted by atomic mass is 10.0. The van der Waals surface area contributed by atoms with Crippen LogP contribution in [0.3, 0.4) is 0 Å². The van der Waals surface area contributed by atoms with Gasteiger partial charge in [0.05, 0.1) is 23.6 Å². The van der Waals surface area contributed by atoms with Gasteiger partial charge < -0.3 is 10.4 Å². The molecule has 0 aliphatic rings. The van der Waals surface area contributed by atoms with Gasteiger partial charge in [-0.1, -0.05) is 48.5 Å². The van der Waals surface area contributed by atoms with Gasteiger partial charge in [0.15, 0.2) is 0 Å². The quantitative estimate of drug-likeness (QED) is 0.716. The molecule has 3 rings (SSSR count). The van der Waals surface area contributed by atoms with Crippen LogP contribution in [0.15, 0.2) is 67.0 Å². The summed E-state index contributed by atoms with van der Waals surface area (Å²) in [7, 11) is 0. The van der Waals surface area contributed by atoms with Crippen molar-refractivity contribution in [2.24, 2.45) is 0 Å². The fourth-order valence-corrected chi connectivity index (χ4v) is 2.90. The van der Waals surface area contributed by atoms with Crippen LogP contribution in [0, 0.1) is 6.92 Å². The van der Waals surface area contributed by atoms with Crippen LogP contribution in [-0.2, 0) is 0 Å². The maximum atomic E-state index is 12.5. The standard InChI is InChI=1S/C21H23N3O2/c1-15-8-6-7-11-19(15)24-14-18(13-22-24)21(26)23-16(2)12-20(25)17-9-4-3-5-10-17/h3-11,13-14,16,20,25H,12H2,1-2H3,(H,23,26). The Morgan fingerprint density at radius 2 is 1.85 bits per heavy atom. The Morgan fingerprint density at radius 1 is 1.15 bits per heavy atom. The fraction of sp³-hybridized carbons (Fsp3) is 0.238. The Morgan fingerprint density at radius 3 is 2.58 bits per heavy atom. The number of aryl methyl sites for hydroxylation is 1. The molecule has 134 valence electrons. The number of aliphatic hydroxyl groups is 1. The lowest BCUT2D eigenvalue weighted by Gasteiger charge is -2.17. The first kappa shape index (κ1) is 17.9. The highest BCUT2D eigenvalue weighted by Crippen LogP contribution is 2.18. The molecule has 0 saturated carbocycles. The van der Waals surface area contributed by atoms with Crippen molar-refractivity contribution in [2.75, 3.05) is 0 Å². The number of nitrogens with one attached hydrogen (secondary N) is 1. The molecule has 2 atom stereocenters. The molecular formula is C21H23N3O2. The third kappa shape index (κ3) is 4.18. The summed E-state index contributed by atoms with van der Waals surface area (Å²) in [6.07, 6.45) is 3.11. The predicted molar refractivity (Wildman–Crippen MR) is 101 cm³/mol. The van der Waals surface area contributed by atoms with Gasteiger partial charge in [-0.2, -0.15) is 5.10 Å². The van der Waals surface area contributed by atoms with Gasteiger partial charge in [0.1, 0.15) is 0 Å². The van der Waals surface area contributed by atoms with Gasteiger partial charge in [0.25, 0.3) is 5.91 Å². The maximum absolute atomic E-state index is 12.5. The maximum Gasteiger partial charge on any atom is 0.254 e. The van der Waals surface area contributed by atoms with Gasteiger partial charge >= 0.3 is 0 Å². The smallest absolute Gasteiger partial charge is 0.254 e. The van der Waals surface area contributed by atoms with Crippen molar-refractivity contribution in [3.05, 3.63) is 83.7 Å². The SMILES string of the molecule is Cc1ccccc1-n1cc(C(=O)NC(C)CC(O)c2ccccc2)cn1. The molecule has 0 saturated heterocycles. The number of para-hydroxylation sites is 1. The van der Waals surface area contributed by atoms with E-state index in [9.17, 15) is 9.90 Å². The molecule has 0 fully saturated rings. The molecule has 1 aromatic heterocycles. The van der Waals surface area contributed by atoms with Crippen molar-refractivity contribution in [3.8, 4) is 5.69 Å². The first-order chi connectivity index (χ1) is 12.5. The number of benzene rings is 2. The molecular weight excluding hydrogens is 326 g/mol. The molecule has 2 N–H and O–H groups in total. The van der Waals surface area contributed by atoms with E-state index < -0.39 is 6.10 Å². The largest absolute Gasteiger partial charge is 0.388 e. The highest BCUT2D eigenvalue weighted by molar-refractivity contribution is 5.94. The number of rotatable bonds is 6. The summed E-state index contributed by atoms with van der Waals surface area (Å²) in [5.41, 5.74) is 3.37. The summed E-state index contributed by atoms with van der Waals surface area (Å²) >= 11 is 0. The molecule has 2 aromatic carbocycles. The average molecular weight is 349 g/mol. The van der Waals surface area contributed by atoms with Crippen LogP contribution in [0.5, 0.6) is 0 Å². The molecule has 1 heterocycles. The molecule has 0 aliphatic carbocycles. The predicted octanol–water partition coefficient (Wildman–Crippen LogP) is 3.42. The van der Waals surface area contributed by atoms with Crippen molar-refractivity contribution in [3.63, 3.8) is 0 Å². The zero-order valence-corrected chi connectivity index (χ0v) is 15.0. The minimum Gasteiger partial charge on any atom is -0.388 e. The van der Waals surface area contributed by atoms with E-state index in [2.05, 4.69) is 10.4 Å². The van der Waals surface area contributed by atoms with E-state index in [0.717, 1.165) is 16.8 Å². The van der Waals surface area contributed by atoms with E-state index >= 15 is 0 Å². The third-order valence-corrected chi connectivity index (χ3v) is 4.35. The summed E-state index contributed by atoms with van der Waals surface area (Å²) in [5.74, 6) is -0.197. The van der Waals surface area contributed by atoms with Crippen molar-refractivity contribution in [1.29, 1.82) is 0 Å². The van der Waals surface area contributed by atoms with Gasteiger partial charge in [0.2, 0.25) is 0 Å². The number of nitrogens with zero attached hydrogens (tertiary/aromatic N) is 2. The Hall–Kier alpha value is -2.92. The van der Waals surface area contributed by atoms with Crippen LogP contribution in [0.25, 0.3) is 5.69 Å². The molecule has 0 spiro atoms. The molecule has 2 unspecified atom stereocenters. The number of amides is 1. The van der Waals surface area contributed by atoms with E-state index in [1.165, 1.54) is 0 Å². The average Bonchev–Trinajstić information content (AvgIpc) is 3.12. The number of hydrogen-bond donors (Lipinski definition) is 2. The molecule has 5 heteroatoms. The molecule has 0 aliphatic heterocycles. The molecule has 0 bridgehead atoms. The summed E-state index contributed by atoms with van der Waals surface area (Å²) in [6, 6.07) is 17.2. The van der Waals surface area contributed by atoms with Crippen molar-refractivity contribution in [1.82, 2.24) is 15.1 Å². The molecule has 26 heavy (non-hydrogen) atoms. The highest BCUT2D eigenvalue weighted by Gasteiger charge is 2.16. The Kier molecular flexibility index (Phi) is 5.49. The second kappa shape index (κ2) is 7.97. The van der Waals surface area contributed by atoms with E-state index in [1.807, 2.05) is 68.4 Å². The summed E-state index contributed by atoms with van der Waals surface area (Å²) in [4.78, 5) is 12.5. The van der Waals surface area contributed by atoms with Gasteiger partial charge in [-0.05, 0) is 37.5 Å². The number of carbonyl (C=O) groups excluding carboxylic acids is 1. The minimum absolute atomic E-state index is 0.167. The Bertz CT molecular complexity index is 874. The topological polar surface area (TPSA) is 67.2 Å². The van der Waals surface area contributed by atoms with E-state index in [4.69, 9.17) is 0 Å². The van der Waals surface area contributed by atoms with Crippen LogP contribution in [0.1, 0.15) is 40.9 Å². The third-order valence-electron chi connectivity index (χ3n) is 4.35. The van der Waals surface area contributed by atoms with E-state index in [-0.39, 0.29) is 11.9 Å². The van der Waals surface area contributed by atoms with Crippen LogP contribution in [0.4, 0.5) is 0 Å². The molecule has 0 radical (unpaired) electrons. The van der Waals surface area contributed by atoms with Crippen molar-refractivity contribution in [2.45, 2.75) is 32.4 Å². The lowest BCUT2D eigenvalue weighted by molar-refractivity contribution is 0.0917. The fourth-order valence-electron chi connectivity index (χ4n) is 2.90. The molecule has 3 aromatic rings. The van der Waals surface area contributed by atoms with Gasteiger partial charge in [-0.25, -0.2) is 4.68 Å².